The molecule has 4 aromatic rings. The highest BCUT2D eigenvalue weighted by Gasteiger charge is 2.18. The predicted octanol–water partition coefficient (Wildman–Crippen LogP) is 2.66. The average molecular weight is 458 g/mol. The number of hydrogen-bond donors (Lipinski definition) is 1. The first-order valence-electron chi connectivity index (χ1n) is 10.8. The summed E-state index contributed by atoms with van der Waals surface area (Å²) in [6.45, 7) is 0.369. The fourth-order valence-electron chi connectivity index (χ4n) is 3.59. The van der Waals surface area contributed by atoms with Crippen LogP contribution < -0.4 is 21.6 Å². The van der Waals surface area contributed by atoms with Gasteiger partial charge in [0.15, 0.2) is 11.2 Å². The minimum atomic E-state index is -0.432. The van der Waals surface area contributed by atoms with Gasteiger partial charge in [0.25, 0.3) is 5.56 Å². The van der Waals surface area contributed by atoms with E-state index >= 15 is 0 Å². The van der Waals surface area contributed by atoms with E-state index in [0.717, 1.165) is 21.4 Å². The fraction of sp³-hybridized carbons (Fsp3) is 0.200. The molecule has 0 aliphatic carbocycles. The highest BCUT2D eigenvalue weighted by molar-refractivity contribution is 5.81. The summed E-state index contributed by atoms with van der Waals surface area (Å²) >= 11 is 0. The molecule has 2 aromatic heterocycles. The molecule has 0 atom stereocenters. The summed E-state index contributed by atoms with van der Waals surface area (Å²) in [7, 11) is 7.03. The molecule has 0 aliphatic rings. The lowest BCUT2D eigenvalue weighted by Gasteiger charge is -2.11. The maximum absolute atomic E-state index is 12.9. The molecule has 0 saturated heterocycles. The van der Waals surface area contributed by atoms with Gasteiger partial charge >= 0.3 is 5.69 Å². The van der Waals surface area contributed by atoms with Gasteiger partial charge < -0.3 is 4.90 Å². The fourth-order valence-corrected chi connectivity index (χ4v) is 3.59. The van der Waals surface area contributed by atoms with Crippen LogP contribution in [0.3, 0.4) is 0 Å². The number of nitrogens with zero attached hydrogens (tertiary/aromatic N) is 6. The van der Waals surface area contributed by atoms with Gasteiger partial charge in [-0.2, -0.15) is 10.1 Å². The Labute approximate surface area is 196 Å². The topological polar surface area (TPSA) is 89.5 Å². The molecule has 34 heavy (non-hydrogen) atoms. The third-order valence-electron chi connectivity index (χ3n) is 5.53. The van der Waals surface area contributed by atoms with Gasteiger partial charge in [0, 0.05) is 40.4 Å². The summed E-state index contributed by atoms with van der Waals surface area (Å²) in [6, 6.07) is 17.8. The van der Waals surface area contributed by atoms with Gasteiger partial charge in [0.05, 0.1) is 6.21 Å². The number of anilines is 2. The summed E-state index contributed by atoms with van der Waals surface area (Å²) < 4.78 is 4.17. The van der Waals surface area contributed by atoms with E-state index in [4.69, 9.17) is 0 Å². The Morgan fingerprint density at radius 3 is 2.35 bits per heavy atom. The first-order chi connectivity index (χ1) is 16.4. The second kappa shape index (κ2) is 9.62. The number of rotatable bonds is 7. The van der Waals surface area contributed by atoms with E-state index in [0.29, 0.717) is 23.7 Å². The summed E-state index contributed by atoms with van der Waals surface area (Å²) in [6.07, 6.45) is 5.59. The van der Waals surface area contributed by atoms with Crippen molar-refractivity contribution in [1.82, 2.24) is 18.7 Å². The summed E-state index contributed by atoms with van der Waals surface area (Å²) in [5.74, 6) is 0.368. The first-order valence-corrected chi connectivity index (χ1v) is 10.8. The zero-order valence-corrected chi connectivity index (χ0v) is 19.6. The lowest BCUT2D eigenvalue weighted by molar-refractivity contribution is 0.703. The molecule has 0 saturated carbocycles. The SMILES string of the molecule is CN(C)c1ccc(C=NNc2nc3c(c(=O)n(C)c(=O)n3C)n2C/C=C/c2ccccc2)cc1. The molecule has 4 rings (SSSR count). The number of hydrazone groups is 1. The van der Waals surface area contributed by atoms with Crippen LogP contribution in [0.5, 0.6) is 0 Å². The van der Waals surface area contributed by atoms with Crippen LogP contribution in [0.4, 0.5) is 11.6 Å². The van der Waals surface area contributed by atoms with Gasteiger partial charge in [-0.15, -0.1) is 0 Å². The van der Waals surface area contributed by atoms with Gasteiger partial charge in [-0.1, -0.05) is 54.6 Å². The number of nitrogens with one attached hydrogen (secondary N) is 1. The Bertz CT molecular complexity index is 1470. The van der Waals surface area contributed by atoms with Gasteiger partial charge in [-0.25, -0.2) is 10.2 Å². The second-order valence-corrected chi connectivity index (χ2v) is 8.09. The monoisotopic (exact) mass is 457 g/mol. The third kappa shape index (κ3) is 4.54. The quantitative estimate of drug-likeness (QED) is 0.340. The number of imidazole rings is 1. The molecule has 0 radical (unpaired) electrons. The maximum Gasteiger partial charge on any atom is 0.332 e. The summed E-state index contributed by atoms with van der Waals surface area (Å²) in [5, 5.41) is 4.32. The van der Waals surface area contributed by atoms with E-state index in [2.05, 4.69) is 15.5 Å². The standard InChI is InChI=1S/C25H27N7O2/c1-29(2)20-14-12-19(13-15-20)17-26-28-24-27-22-21(23(33)31(4)25(34)30(22)3)32(24)16-8-11-18-9-6-5-7-10-18/h5-15,17H,16H2,1-4H3,(H,27,28)/b11-8+,26-17?. The van der Waals surface area contributed by atoms with Crippen LogP contribution in [-0.2, 0) is 20.6 Å². The molecule has 174 valence electrons. The van der Waals surface area contributed by atoms with E-state index < -0.39 is 11.2 Å². The van der Waals surface area contributed by atoms with Crippen molar-refractivity contribution < 1.29 is 0 Å². The molecule has 0 fully saturated rings. The molecule has 9 nitrogen and oxygen atoms in total. The minimum Gasteiger partial charge on any atom is -0.378 e. The van der Waals surface area contributed by atoms with Crippen molar-refractivity contribution in [3.8, 4) is 0 Å². The highest BCUT2D eigenvalue weighted by Crippen LogP contribution is 2.17. The van der Waals surface area contributed by atoms with Crippen LogP contribution in [0, 0.1) is 0 Å². The van der Waals surface area contributed by atoms with E-state index in [9.17, 15) is 9.59 Å². The van der Waals surface area contributed by atoms with Crippen molar-refractivity contribution in [3.05, 3.63) is 92.6 Å². The van der Waals surface area contributed by atoms with Gasteiger partial charge in [0.2, 0.25) is 5.95 Å². The molecule has 0 aliphatic heterocycles. The summed E-state index contributed by atoms with van der Waals surface area (Å²) in [4.78, 5) is 31.9. The van der Waals surface area contributed by atoms with Crippen LogP contribution in [0.1, 0.15) is 11.1 Å². The predicted molar refractivity (Wildman–Crippen MR) is 138 cm³/mol. The Hall–Kier alpha value is -4.40. The molecule has 0 spiro atoms. The molecule has 0 amide bonds. The van der Waals surface area contributed by atoms with Crippen LogP contribution >= 0.6 is 0 Å². The Morgan fingerprint density at radius 1 is 0.971 bits per heavy atom. The number of aryl methyl sites for hydroxylation is 1. The smallest absolute Gasteiger partial charge is 0.332 e. The zero-order chi connectivity index (χ0) is 24.2. The molecule has 2 aromatic carbocycles. The van der Waals surface area contributed by atoms with E-state index in [1.165, 1.54) is 11.6 Å². The van der Waals surface area contributed by atoms with Crippen molar-refractivity contribution in [1.29, 1.82) is 0 Å². The van der Waals surface area contributed by atoms with Crippen molar-refractivity contribution >= 4 is 35.1 Å². The van der Waals surface area contributed by atoms with Crippen molar-refractivity contribution in [2.75, 3.05) is 24.4 Å². The summed E-state index contributed by atoms with van der Waals surface area (Å²) in [5.41, 5.74) is 5.78. The minimum absolute atomic E-state index is 0.300. The van der Waals surface area contributed by atoms with E-state index in [1.807, 2.05) is 85.7 Å². The molecule has 2 heterocycles. The number of hydrogen-bond acceptors (Lipinski definition) is 6. The van der Waals surface area contributed by atoms with Crippen LogP contribution in [0.15, 0.2) is 75.4 Å². The van der Waals surface area contributed by atoms with Crippen molar-refractivity contribution in [2.45, 2.75) is 6.54 Å². The molecule has 9 heteroatoms. The van der Waals surface area contributed by atoms with Crippen LogP contribution in [-0.4, -0.2) is 39.0 Å². The zero-order valence-electron chi connectivity index (χ0n) is 19.6. The van der Waals surface area contributed by atoms with Crippen molar-refractivity contribution in [2.24, 2.45) is 19.2 Å². The molecular weight excluding hydrogens is 430 g/mol. The molecule has 1 N–H and O–H groups in total. The lowest BCUT2D eigenvalue weighted by atomic mass is 10.2. The normalized spacial score (nSPS) is 11.6. The number of aromatic nitrogens is 4. The van der Waals surface area contributed by atoms with Crippen LogP contribution in [0.25, 0.3) is 17.2 Å². The van der Waals surface area contributed by atoms with Crippen LogP contribution in [0.2, 0.25) is 0 Å². The highest BCUT2D eigenvalue weighted by atomic mass is 16.2. The third-order valence-corrected chi connectivity index (χ3v) is 5.53. The second-order valence-electron chi connectivity index (χ2n) is 8.09. The lowest BCUT2D eigenvalue weighted by Crippen LogP contribution is -2.37. The van der Waals surface area contributed by atoms with Crippen molar-refractivity contribution in [3.63, 3.8) is 0 Å². The van der Waals surface area contributed by atoms with Gasteiger partial charge in [0.1, 0.15) is 0 Å². The number of allylic oxidation sites excluding steroid dienone is 1. The Morgan fingerprint density at radius 2 is 1.68 bits per heavy atom. The number of benzene rings is 2. The van der Waals surface area contributed by atoms with E-state index in [1.54, 1.807) is 17.8 Å². The largest absolute Gasteiger partial charge is 0.378 e. The molecule has 0 unspecified atom stereocenters. The maximum atomic E-state index is 12.9. The van der Waals surface area contributed by atoms with Gasteiger partial charge in [-0.05, 0) is 23.3 Å². The first kappa shape index (κ1) is 22.8. The Kier molecular flexibility index (Phi) is 6.44. The number of fused-ring (bicyclic) bond motifs is 1. The van der Waals surface area contributed by atoms with Gasteiger partial charge in [-0.3, -0.25) is 18.5 Å². The van der Waals surface area contributed by atoms with E-state index in [-0.39, 0.29) is 0 Å². The molecular formula is C25H27N7O2. The Balaban J connectivity index is 1.69. The average Bonchev–Trinajstić information content (AvgIpc) is 3.21. The molecule has 0 bridgehead atoms.